The van der Waals surface area contributed by atoms with Gasteiger partial charge >= 0.3 is 0 Å². The van der Waals surface area contributed by atoms with Crippen LogP contribution in [0.3, 0.4) is 0 Å². The molecule has 0 aliphatic rings. The first-order valence-corrected chi connectivity index (χ1v) is 7.25. The van der Waals surface area contributed by atoms with Crippen LogP contribution in [0.5, 0.6) is 0 Å². The lowest BCUT2D eigenvalue weighted by Crippen LogP contribution is -2.29. The molecule has 3 N–H and O–H groups in total. The molecule has 1 aromatic carbocycles. The van der Waals surface area contributed by atoms with Gasteiger partial charge in [0.25, 0.3) is 0 Å². The van der Waals surface area contributed by atoms with Crippen molar-refractivity contribution in [1.29, 1.82) is 0 Å². The number of benzene rings is 1. The van der Waals surface area contributed by atoms with Gasteiger partial charge in [0.1, 0.15) is 6.33 Å². The molecule has 6 nitrogen and oxygen atoms in total. The summed E-state index contributed by atoms with van der Waals surface area (Å²) < 4.78 is 1.30. The van der Waals surface area contributed by atoms with Crippen LogP contribution in [0.25, 0.3) is 0 Å². The van der Waals surface area contributed by atoms with Gasteiger partial charge < -0.3 is 11.2 Å². The Morgan fingerprint density at radius 2 is 2.20 bits per heavy atom. The van der Waals surface area contributed by atoms with Gasteiger partial charge in [-0.3, -0.25) is 4.79 Å². The van der Waals surface area contributed by atoms with E-state index in [1.165, 1.54) is 28.3 Å². The molecule has 1 amide bonds. The molecule has 1 atom stereocenters. The number of rotatable bonds is 6. The van der Waals surface area contributed by atoms with Gasteiger partial charge in [0.2, 0.25) is 11.1 Å². The van der Waals surface area contributed by atoms with E-state index in [1.807, 2.05) is 18.2 Å². The summed E-state index contributed by atoms with van der Waals surface area (Å²) in [7, 11) is 0. The van der Waals surface area contributed by atoms with Crippen LogP contribution in [-0.4, -0.2) is 33.1 Å². The van der Waals surface area contributed by atoms with Gasteiger partial charge in [-0.25, -0.2) is 4.68 Å². The first-order valence-electron chi connectivity index (χ1n) is 6.26. The third-order valence-corrected chi connectivity index (χ3v) is 3.80. The minimum Gasteiger partial charge on any atom is -0.355 e. The Kier molecular flexibility index (Phi) is 5.00. The molecule has 0 aliphatic carbocycles. The molecular weight excluding hydrogens is 274 g/mol. The number of nitrogens with one attached hydrogen (secondary N) is 1. The van der Waals surface area contributed by atoms with Gasteiger partial charge in [-0.15, -0.1) is 10.2 Å². The maximum atomic E-state index is 11.8. The van der Waals surface area contributed by atoms with E-state index >= 15 is 0 Å². The maximum absolute atomic E-state index is 11.8. The van der Waals surface area contributed by atoms with Crippen LogP contribution >= 0.6 is 11.8 Å². The van der Waals surface area contributed by atoms with Crippen molar-refractivity contribution in [3.05, 3.63) is 42.2 Å². The summed E-state index contributed by atoms with van der Waals surface area (Å²) in [5.41, 5.74) is 1.21. The Labute approximate surface area is 121 Å². The zero-order valence-electron chi connectivity index (χ0n) is 11.2. The van der Waals surface area contributed by atoms with Gasteiger partial charge in [0, 0.05) is 6.54 Å². The van der Waals surface area contributed by atoms with E-state index in [0.717, 1.165) is 0 Å². The minimum absolute atomic E-state index is 0.0409. The van der Waals surface area contributed by atoms with E-state index in [9.17, 15) is 4.79 Å². The molecule has 0 aliphatic heterocycles. The fourth-order valence-corrected chi connectivity index (χ4v) is 2.35. The van der Waals surface area contributed by atoms with Crippen LogP contribution in [-0.2, 0) is 4.79 Å². The van der Waals surface area contributed by atoms with Gasteiger partial charge in [-0.2, -0.15) is 0 Å². The Bertz CT molecular complexity index is 557. The summed E-state index contributed by atoms with van der Waals surface area (Å²) in [6.45, 7) is 2.69. The second-order valence-electron chi connectivity index (χ2n) is 4.43. The first kappa shape index (κ1) is 14.4. The minimum atomic E-state index is -0.0409. The van der Waals surface area contributed by atoms with E-state index in [0.29, 0.717) is 11.7 Å². The van der Waals surface area contributed by atoms with Crippen LogP contribution < -0.4 is 11.2 Å². The van der Waals surface area contributed by atoms with E-state index in [2.05, 4.69) is 34.6 Å². The number of nitrogen functional groups attached to an aromatic ring is 1. The number of amides is 1. The van der Waals surface area contributed by atoms with Crippen LogP contribution in [0.1, 0.15) is 18.4 Å². The predicted molar refractivity (Wildman–Crippen MR) is 78.8 cm³/mol. The van der Waals surface area contributed by atoms with E-state index in [-0.39, 0.29) is 17.6 Å². The van der Waals surface area contributed by atoms with Crippen LogP contribution in [0.4, 0.5) is 0 Å². The predicted octanol–water partition coefficient (Wildman–Crippen LogP) is 1.00. The lowest BCUT2D eigenvalue weighted by atomic mass is 10.0. The quantitative estimate of drug-likeness (QED) is 0.612. The number of hydrogen-bond acceptors (Lipinski definition) is 5. The Hall–Kier alpha value is -2.02. The summed E-state index contributed by atoms with van der Waals surface area (Å²) in [4.78, 5) is 11.8. The summed E-state index contributed by atoms with van der Waals surface area (Å²) in [5, 5.41) is 10.9. The van der Waals surface area contributed by atoms with Crippen LogP contribution in [0.2, 0.25) is 0 Å². The fourth-order valence-electron chi connectivity index (χ4n) is 1.68. The average Bonchev–Trinajstić information content (AvgIpc) is 2.89. The molecule has 106 valence electrons. The molecule has 0 spiro atoms. The molecule has 0 saturated carbocycles. The number of carbonyl (C=O) groups excluding carboxylic acids is 1. The molecule has 7 heteroatoms. The van der Waals surface area contributed by atoms with Crippen LogP contribution in [0, 0.1) is 0 Å². The second kappa shape index (κ2) is 6.95. The lowest BCUT2D eigenvalue weighted by Gasteiger charge is -2.12. The number of carbonyl (C=O) groups is 1. The van der Waals surface area contributed by atoms with Gasteiger partial charge in [0.15, 0.2) is 0 Å². The Morgan fingerprint density at radius 1 is 1.45 bits per heavy atom. The van der Waals surface area contributed by atoms with E-state index < -0.39 is 0 Å². The molecule has 20 heavy (non-hydrogen) atoms. The zero-order valence-corrected chi connectivity index (χ0v) is 12.0. The van der Waals surface area contributed by atoms with Crippen molar-refractivity contribution in [3.8, 4) is 0 Å². The smallest absolute Gasteiger partial charge is 0.230 e. The Balaban J connectivity index is 1.74. The lowest BCUT2D eigenvalue weighted by molar-refractivity contribution is -0.118. The third kappa shape index (κ3) is 3.99. The number of nitrogens with two attached hydrogens (primary N) is 1. The van der Waals surface area contributed by atoms with Crippen molar-refractivity contribution < 1.29 is 4.79 Å². The highest BCUT2D eigenvalue weighted by atomic mass is 32.2. The summed E-state index contributed by atoms with van der Waals surface area (Å²) in [5.74, 6) is 6.08. The Morgan fingerprint density at radius 3 is 2.85 bits per heavy atom. The van der Waals surface area contributed by atoms with Gasteiger partial charge in [0.05, 0.1) is 5.75 Å². The largest absolute Gasteiger partial charge is 0.355 e. The number of hydrogen-bond donors (Lipinski definition) is 2. The highest BCUT2D eigenvalue weighted by Crippen LogP contribution is 2.14. The molecular formula is C13H17N5OS. The van der Waals surface area contributed by atoms with Crippen LogP contribution in [0.15, 0.2) is 41.8 Å². The number of aromatic nitrogens is 3. The standard InChI is InChI=1S/C13H17N5OS/c1-10(11-5-3-2-4-6-11)7-15-12(19)8-20-13-17-16-9-18(13)14/h2-6,9-10H,7-8,14H2,1H3,(H,15,19)/t10-/m1/s1. The highest BCUT2D eigenvalue weighted by molar-refractivity contribution is 7.99. The average molecular weight is 291 g/mol. The molecule has 0 bridgehead atoms. The maximum Gasteiger partial charge on any atom is 0.230 e. The molecule has 0 fully saturated rings. The molecule has 2 rings (SSSR count). The molecule has 0 unspecified atom stereocenters. The normalized spacial score (nSPS) is 12.1. The molecule has 1 heterocycles. The molecule has 0 saturated heterocycles. The number of nitrogens with zero attached hydrogens (tertiary/aromatic N) is 3. The first-order chi connectivity index (χ1) is 9.66. The highest BCUT2D eigenvalue weighted by Gasteiger charge is 2.09. The topological polar surface area (TPSA) is 85.8 Å². The van der Waals surface area contributed by atoms with Crippen molar-refractivity contribution in [3.63, 3.8) is 0 Å². The van der Waals surface area contributed by atoms with Crippen molar-refractivity contribution in [2.45, 2.75) is 18.0 Å². The number of thioether (sulfide) groups is 1. The molecule has 1 aromatic heterocycles. The van der Waals surface area contributed by atoms with Crippen molar-refractivity contribution in [2.75, 3.05) is 18.1 Å². The molecule has 2 aromatic rings. The third-order valence-electron chi connectivity index (χ3n) is 2.85. The van der Waals surface area contributed by atoms with E-state index in [1.54, 1.807) is 0 Å². The summed E-state index contributed by atoms with van der Waals surface area (Å²) in [6.07, 6.45) is 1.40. The van der Waals surface area contributed by atoms with Crippen molar-refractivity contribution in [1.82, 2.24) is 20.2 Å². The van der Waals surface area contributed by atoms with Gasteiger partial charge in [-0.05, 0) is 11.5 Å². The fraction of sp³-hybridized carbons (Fsp3) is 0.308. The zero-order chi connectivity index (χ0) is 14.4. The summed E-state index contributed by atoms with van der Waals surface area (Å²) in [6, 6.07) is 10.1. The van der Waals surface area contributed by atoms with Crippen molar-refractivity contribution >= 4 is 17.7 Å². The van der Waals surface area contributed by atoms with Crippen molar-refractivity contribution in [2.24, 2.45) is 0 Å². The SMILES string of the molecule is C[C@H](CNC(=O)CSc1nncn1N)c1ccccc1. The van der Waals surface area contributed by atoms with Gasteiger partial charge in [-0.1, -0.05) is 49.0 Å². The molecule has 0 radical (unpaired) electrons. The summed E-state index contributed by atoms with van der Waals surface area (Å²) >= 11 is 1.26. The monoisotopic (exact) mass is 291 g/mol. The second-order valence-corrected chi connectivity index (χ2v) is 5.37. The van der Waals surface area contributed by atoms with E-state index in [4.69, 9.17) is 5.84 Å².